The summed E-state index contributed by atoms with van der Waals surface area (Å²) in [7, 11) is -4.15. The standard InChI is InChI=1S/C14H14FNO4S/c1-2-7-16(9-10-3-4-10)21(19,20)13-8-11(15)5-6-12(13)14(17)18/h1,5-6,8,10H,3-4,7,9H2,(H,17,18). The maximum atomic E-state index is 13.3. The highest BCUT2D eigenvalue weighted by molar-refractivity contribution is 7.89. The fourth-order valence-electron chi connectivity index (χ4n) is 1.96. The first-order valence-electron chi connectivity index (χ1n) is 6.32. The summed E-state index contributed by atoms with van der Waals surface area (Å²) in [4.78, 5) is 10.6. The van der Waals surface area contributed by atoms with E-state index in [1.54, 1.807) is 0 Å². The molecule has 0 aromatic heterocycles. The van der Waals surface area contributed by atoms with Crippen LogP contribution in [0.1, 0.15) is 23.2 Å². The topological polar surface area (TPSA) is 74.7 Å². The van der Waals surface area contributed by atoms with E-state index in [-0.39, 0.29) is 19.0 Å². The van der Waals surface area contributed by atoms with Gasteiger partial charge in [0.25, 0.3) is 0 Å². The Morgan fingerprint density at radius 3 is 2.67 bits per heavy atom. The van der Waals surface area contributed by atoms with Gasteiger partial charge in [0.1, 0.15) is 5.82 Å². The molecule has 1 aromatic rings. The summed E-state index contributed by atoms with van der Waals surface area (Å²) in [5.41, 5.74) is -0.464. The minimum absolute atomic E-state index is 0.172. The van der Waals surface area contributed by atoms with Crippen LogP contribution in [-0.2, 0) is 10.0 Å². The Morgan fingerprint density at radius 1 is 1.48 bits per heavy atom. The Kier molecular flexibility index (Phi) is 4.30. The molecule has 0 radical (unpaired) electrons. The maximum Gasteiger partial charge on any atom is 0.337 e. The molecule has 1 N–H and O–H groups in total. The van der Waals surface area contributed by atoms with Crippen LogP contribution in [0.25, 0.3) is 0 Å². The molecule has 0 bridgehead atoms. The van der Waals surface area contributed by atoms with Gasteiger partial charge in [-0.15, -0.1) is 6.42 Å². The quantitative estimate of drug-likeness (QED) is 0.809. The first kappa shape index (κ1) is 15.5. The predicted octanol–water partition coefficient (Wildman–Crippen LogP) is 1.56. The molecule has 1 aromatic carbocycles. The Balaban J connectivity index is 2.48. The van der Waals surface area contributed by atoms with Crippen LogP contribution in [0.2, 0.25) is 0 Å². The van der Waals surface area contributed by atoms with Crippen molar-refractivity contribution in [1.29, 1.82) is 0 Å². The summed E-state index contributed by atoms with van der Waals surface area (Å²) in [6, 6.07) is 2.57. The van der Waals surface area contributed by atoms with Crippen LogP contribution in [0.4, 0.5) is 4.39 Å². The number of carboxylic acids is 1. The van der Waals surface area contributed by atoms with Gasteiger partial charge in [-0.05, 0) is 37.0 Å². The van der Waals surface area contributed by atoms with Crippen molar-refractivity contribution in [1.82, 2.24) is 4.31 Å². The average molecular weight is 311 g/mol. The number of hydrogen-bond acceptors (Lipinski definition) is 3. The van der Waals surface area contributed by atoms with Gasteiger partial charge in [-0.3, -0.25) is 0 Å². The number of carbonyl (C=O) groups is 1. The number of carboxylic acid groups (broad SMARTS) is 1. The van der Waals surface area contributed by atoms with Gasteiger partial charge in [0.2, 0.25) is 10.0 Å². The van der Waals surface area contributed by atoms with E-state index in [1.165, 1.54) is 0 Å². The SMILES string of the molecule is C#CCN(CC1CC1)S(=O)(=O)c1cc(F)ccc1C(=O)O. The Hall–Kier alpha value is -1.91. The van der Waals surface area contributed by atoms with Crippen molar-refractivity contribution < 1.29 is 22.7 Å². The number of hydrogen-bond donors (Lipinski definition) is 1. The summed E-state index contributed by atoms with van der Waals surface area (Å²) < 4.78 is 39.5. The molecule has 2 rings (SSSR count). The molecule has 1 saturated carbocycles. The number of benzene rings is 1. The van der Waals surface area contributed by atoms with Gasteiger partial charge in [0.05, 0.1) is 17.0 Å². The van der Waals surface area contributed by atoms with Crippen molar-refractivity contribution in [2.24, 2.45) is 5.92 Å². The number of halogens is 1. The lowest BCUT2D eigenvalue weighted by Crippen LogP contribution is -2.34. The van der Waals surface area contributed by atoms with Crippen molar-refractivity contribution in [3.63, 3.8) is 0 Å². The summed E-state index contributed by atoms with van der Waals surface area (Å²) in [5, 5.41) is 9.08. The molecule has 0 atom stereocenters. The monoisotopic (exact) mass is 311 g/mol. The third-order valence-electron chi connectivity index (χ3n) is 3.22. The predicted molar refractivity (Wildman–Crippen MR) is 73.7 cm³/mol. The van der Waals surface area contributed by atoms with Gasteiger partial charge < -0.3 is 5.11 Å². The molecule has 112 valence electrons. The Labute approximate surface area is 122 Å². The molecular formula is C14H14FNO4S. The van der Waals surface area contributed by atoms with Gasteiger partial charge in [-0.1, -0.05) is 5.92 Å². The van der Waals surface area contributed by atoms with Gasteiger partial charge in [-0.25, -0.2) is 17.6 Å². The van der Waals surface area contributed by atoms with Crippen LogP contribution in [0.3, 0.4) is 0 Å². The normalized spacial score (nSPS) is 14.9. The summed E-state index contributed by atoms with van der Waals surface area (Å²) >= 11 is 0. The largest absolute Gasteiger partial charge is 0.478 e. The number of rotatable bonds is 6. The Morgan fingerprint density at radius 2 is 2.14 bits per heavy atom. The zero-order chi connectivity index (χ0) is 15.6. The molecule has 1 fully saturated rings. The first-order valence-corrected chi connectivity index (χ1v) is 7.76. The number of terminal acetylenes is 1. The van der Waals surface area contributed by atoms with Crippen LogP contribution in [0.5, 0.6) is 0 Å². The molecule has 0 spiro atoms. The molecule has 1 aliphatic rings. The molecule has 21 heavy (non-hydrogen) atoms. The third-order valence-corrected chi connectivity index (χ3v) is 5.07. The average Bonchev–Trinajstić information content (AvgIpc) is 3.21. The van der Waals surface area contributed by atoms with Crippen LogP contribution >= 0.6 is 0 Å². The maximum absolute atomic E-state index is 13.3. The van der Waals surface area contributed by atoms with Crippen molar-refractivity contribution in [3.8, 4) is 12.3 Å². The highest BCUT2D eigenvalue weighted by Gasteiger charge is 2.33. The second-order valence-corrected chi connectivity index (χ2v) is 6.80. The van der Waals surface area contributed by atoms with E-state index in [4.69, 9.17) is 11.5 Å². The lowest BCUT2D eigenvalue weighted by molar-refractivity contribution is 0.0692. The van der Waals surface area contributed by atoms with E-state index in [0.29, 0.717) is 0 Å². The van der Waals surface area contributed by atoms with E-state index in [9.17, 15) is 17.6 Å². The van der Waals surface area contributed by atoms with Crippen LogP contribution in [0, 0.1) is 24.1 Å². The van der Waals surface area contributed by atoms with E-state index >= 15 is 0 Å². The van der Waals surface area contributed by atoms with Crippen molar-refractivity contribution in [3.05, 3.63) is 29.6 Å². The molecule has 1 aliphatic carbocycles. The number of aromatic carboxylic acids is 1. The van der Waals surface area contributed by atoms with Crippen LogP contribution in [0.15, 0.2) is 23.1 Å². The summed E-state index contributed by atoms with van der Waals surface area (Å²) in [5.74, 6) is 0.233. The minimum Gasteiger partial charge on any atom is -0.478 e. The second-order valence-electron chi connectivity index (χ2n) is 4.89. The first-order chi connectivity index (χ1) is 9.86. The Bertz CT molecular complexity index is 704. The fourth-order valence-corrected chi connectivity index (χ4v) is 3.59. The number of sulfonamides is 1. The highest BCUT2D eigenvalue weighted by Crippen LogP contribution is 2.32. The third kappa shape index (κ3) is 3.40. The van der Waals surface area contributed by atoms with Crippen LogP contribution < -0.4 is 0 Å². The number of nitrogens with zero attached hydrogens (tertiary/aromatic N) is 1. The van der Waals surface area contributed by atoms with Crippen molar-refractivity contribution in [2.45, 2.75) is 17.7 Å². The van der Waals surface area contributed by atoms with Gasteiger partial charge >= 0.3 is 5.97 Å². The van der Waals surface area contributed by atoms with Gasteiger partial charge in [0.15, 0.2) is 0 Å². The lowest BCUT2D eigenvalue weighted by atomic mass is 10.2. The lowest BCUT2D eigenvalue weighted by Gasteiger charge is -2.20. The molecule has 0 heterocycles. The molecular weight excluding hydrogens is 297 g/mol. The molecule has 0 saturated heterocycles. The molecule has 7 heteroatoms. The van der Waals surface area contributed by atoms with E-state index in [2.05, 4.69) is 5.92 Å². The van der Waals surface area contributed by atoms with Crippen molar-refractivity contribution >= 4 is 16.0 Å². The molecule has 0 amide bonds. The van der Waals surface area contributed by atoms with Gasteiger partial charge in [-0.2, -0.15) is 4.31 Å². The molecule has 5 nitrogen and oxygen atoms in total. The van der Waals surface area contributed by atoms with E-state index in [1.807, 2.05) is 0 Å². The fraction of sp³-hybridized carbons (Fsp3) is 0.357. The summed E-state index contributed by atoms with van der Waals surface area (Å²) in [6.45, 7) is 0.0521. The second kappa shape index (κ2) is 5.84. The molecule has 0 unspecified atom stereocenters. The zero-order valence-electron chi connectivity index (χ0n) is 11.1. The minimum atomic E-state index is -4.15. The van der Waals surface area contributed by atoms with Crippen LogP contribution in [-0.4, -0.2) is 36.9 Å². The van der Waals surface area contributed by atoms with Gasteiger partial charge in [0, 0.05) is 6.54 Å². The zero-order valence-corrected chi connectivity index (χ0v) is 11.9. The highest BCUT2D eigenvalue weighted by atomic mass is 32.2. The van der Waals surface area contributed by atoms with Crippen molar-refractivity contribution in [2.75, 3.05) is 13.1 Å². The molecule has 0 aliphatic heterocycles. The summed E-state index contributed by atoms with van der Waals surface area (Å²) in [6.07, 6.45) is 7.00. The van der Waals surface area contributed by atoms with E-state index in [0.717, 1.165) is 35.3 Å². The smallest absolute Gasteiger partial charge is 0.337 e. The van der Waals surface area contributed by atoms with E-state index < -0.39 is 32.3 Å².